The molecular weight excluding hydrogens is 482 g/mol. The van der Waals surface area contributed by atoms with Crippen molar-refractivity contribution in [3.8, 4) is 0 Å². The van der Waals surface area contributed by atoms with E-state index in [0.717, 1.165) is 22.9 Å². The molecule has 0 saturated heterocycles. The van der Waals surface area contributed by atoms with Crippen LogP contribution in [0.3, 0.4) is 0 Å². The fourth-order valence-electron chi connectivity index (χ4n) is 3.43. The van der Waals surface area contributed by atoms with E-state index in [0.29, 0.717) is 24.5 Å². The van der Waals surface area contributed by atoms with Gasteiger partial charge in [-0.3, -0.25) is 4.79 Å². The molecule has 1 heterocycles. The van der Waals surface area contributed by atoms with E-state index in [1.54, 1.807) is 16.1 Å². The summed E-state index contributed by atoms with van der Waals surface area (Å²) in [6.45, 7) is 4.83. The molecule has 0 radical (unpaired) electrons. The maximum Gasteiger partial charge on any atom is 0.322 e. The van der Waals surface area contributed by atoms with Crippen LogP contribution in [0.15, 0.2) is 81.9 Å². The summed E-state index contributed by atoms with van der Waals surface area (Å²) in [7, 11) is 0. The largest absolute Gasteiger partial charge is 0.467 e. The number of benzene rings is 2. The number of para-hydroxylation sites is 1. The summed E-state index contributed by atoms with van der Waals surface area (Å²) in [6.07, 6.45) is 3.06. The molecule has 0 aliphatic rings. The summed E-state index contributed by atoms with van der Waals surface area (Å²) in [5, 5.41) is 2.92. The Hall–Kier alpha value is -3.06. The Morgan fingerprint density at radius 3 is 2.42 bits per heavy atom. The van der Waals surface area contributed by atoms with Gasteiger partial charge >= 0.3 is 6.03 Å². The fourth-order valence-corrected chi connectivity index (χ4v) is 3.82. The third-order valence-electron chi connectivity index (χ3n) is 5.60. The third-order valence-corrected chi connectivity index (χ3v) is 6.29. The van der Waals surface area contributed by atoms with E-state index >= 15 is 0 Å². The van der Waals surface area contributed by atoms with Gasteiger partial charge in [0.25, 0.3) is 0 Å². The van der Waals surface area contributed by atoms with Gasteiger partial charge in [-0.15, -0.1) is 0 Å². The average molecular weight is 512 g/mol. The molecule has 1 atom stereocenters. The van der Waals surface area contributed by atoms with E-state index in [4.69, 9.17) is 4.42 Å². The van der Waals surface area contributed by atoms with Gasteiger partial charge in [0.15, 0.2) is 0 Å². The van der Waals surface area contributed by atoms with Gasteiger partial charge in [0.2, 0.25) is 5.91 Å². The first-order chi connectivity index (χ1) is 16.0. The van der Waals surface area contributed by atoms with Crippen molar-refractivity contribution in [1.82, 2.24) is 9.80 Å². The molecule has 3 rings (SSSR count). The van der Waals surface area contributed by atoms with Gasteiger partial charge in [0, 0.05) is 17.1 Å². The molecule has 1 aromatic heterocycles. The van der Waals surface area contributed by atoms with Gasteiger partial charge in [-0.1, -0.05) is 49.4 Å². The van der Waals surface area contributed by atoms with E-state index in [9.17, 15) is 9.59 Å². The van der Waals surface area contributed by atoms with Gasteiger partial charge in [-0.2, -0.15) is 0 Å². The highest BCUT2D eigenvalue weighted by molar-refractivity contribution is 9.10. The number of hydrogen-bond acceptors (Lipinski definition) is 3. The van der Waals surface area contributed by atoms with Crippen LogP contribution in [0.25, 0.3) is 0 Å². The van der Waals surface area contributed by atoms with E-state index < -0.39 is 0 Å². The molecule has 0 aliphatic heterocycles. The van der Waals surface area contributed by atoms with E-state index in [-0.39, 0.29) is 24.5 Å². The lowest BCUT2D eigenvalue weighted by Gasteiger charge is -2.31. The smallest absolute Gasteiger partial charge is 0.322 e. The van der Waals surface area contributed by atoms with Crippen molar-refractivity contribution >= 4 is 33.6 Å². The SMILES string of the molecule is CCC(C)N(CC(=O)N(CCc1ccccc1)Cc1ccco1)C(=O)Nc1ccccc1Br. The summed E-state index contributed by atoms with van der Waals surface area (Å²) in [4.78, 5) is 29.9. The highest BCUT2D eigenvalue weighted by atomic mass is 79.9. The van der Waals surface area contributed by atoms with Crippen LogP contribution in [0, 0.1) is 0 Å². The van der Waals surface area contributed by atoms with E-state index in [2.05, 4.69) is 21.2 Å². The van der Waals surface area contributed by atoms with Crippen LogP contribution in [0.4, 0.5) is 10.5 Å². The second-order valence-corrected chi connectivity index (χ2v) is 8.78. The molecule has 3 aromatic rings. The first-order valence-electron chi connectivity index (χ1n) is 11.1. The molecule has 2 aromatic carbocycles. The Bertz CT molecular complexity index is 1020. The van der Waals surface area contributed by atoms with Gasteiger partial charge in [0.05, 0.1) is 18.5 Å². The third kappa shape index (κ3) is 7.22. The molecule has 1 N–H and O–H groups in total. The van der Waals surface area contributed by atoms with Crippen LogP contribution in [0.1, 0.15) is 31.6 Å². The summed E-state index contributed by atoms with van der Waals surface area (Å²) in [6, 6.07) is 20.7. The standard InChI is InChI=1S/C26H30BrN3O3/c1-3-20(2)30(26(32)28-24-14-8-7-13-23(24)27)19-25(31)29(18-22-12-9-17-33-22)16-15-21-10-5-4-6-11-21/h4-14,17,20H,3,15-16,18-19H2,1-2H3,(H,28,32). The Kier molecular flexibility index (Phi) is 9.13. The van der Waals surface area contributed by atoms with Crippen LogP contribution in [0.5, 0.6) is 0 Å². The molecule has 3 amide bonds. The molecule has 1 unspecified atom stereocenters. The summed E-state index contributed by atoms with van der Waals surface area (Å²) in [5.41, 5.74) is 1.82. The molecule has 174 valence electrons. The lowest BCUT2D eigenvalue weighted by Crippen LogP contribution is -2.48. The topological polar surface area (TPSA) is 65.8 Å². The monoisotopic (exact) mass is 511 g/mol. The minimum absolute atomic E-state index is 0.0131. The van der Waals surface area contributed by atoms with Crippen molar-refractivity contribution in [2.24, 2.45) is 0 Å². The van der Waals surface area contributed by atoms with Gasteiger partial charge in [-0.25, -0.2) is 4.79 Å². The second-order valence-electron chi connectivity index (χ2n) is 7.93. The Balaban J connectivity index is 1.73. The van der Waals surface area contributed by atoms with Crippen molar-refractivity contribution in [1.29, 1.82) is 0 Å². The van der Waals surface area contributed by atoms with Gasteiger partial charge in [-0.05, 0) is 65.5 Å². The van der Waals surface area contributed by atoms with Crippen molar-refractivity contribution < 1.29 is 14.0 Å². The molecule has 0 saturated carbocycles. The first-order valence-corrected chi connectivity index (χ1v) is 11.9. The molecule has 0 spiro atoms. The van der Waals surface area contributed by atoms with Crippen LogP contribution in [-0.2, 0) is 17.8 Å². The van der Waals surface area contributed by atoms with Crippen molar-refractivity contribution in [2.45, 2.75) is 39.3 Å². The number of nitrogens with zero attached hydrogens (tertiary/aromatic N) is 2. The van der Waals surface area contributed by atoms with Gasteiger partial charge < -0.3 is 19.5 Å². The number of urea groups is 1. The number of furan rings is 1. The fraction of sp³-hybridized carbons (Fsp3) is 0.308. The Morgan fingerprint density at radius 2 is 1.76 bits per heavy atom. The molecular formula is C26H30BrN3O3. The number of hydrogen-bond donors (Lipinski definition) is 1. The molecule has 33 heavy (non-hydrogen) atoms. The number of amides is 3. The number of carbonyl (C=O) groups excluding carboxylic acids is 2. The van der Waals surface area contributed by atoms with Crippen LogP contribution < -0.4 is 5.32 Å². The average Bonchev–Trinajstić information content (AvgIpc) is 3.35. The predicted molar refractivity (Wildman–Crippen MR) is 134 cm³/mol. The van der Waals surface area contributed by atoms with Gasteiger partial charge in [0.1, 0.15) is 12.3 Å². The minimum Gasteiger partial charge on any atom is -0.467 e. The summed E-state index contributed by atoms with van der Waals surface area (Å²) >= 11 is 3.46. The second kappa shape index (κ2) is 12.3. The van der Waals surface area contributed by atoms with Crippen LogP contribution in [0.2, 0.25) is 0 Å². The Morgan fingerprint density at radius 1 is 1.03 bits per heavy atom. The zero-order valence-corrected chi connectivity index (χ0v) is 20.6. The van der Waals surface area contributed by atoms with Crippen LogP contribution >= 0.6 is 15.9 Å². The lowest BCUT2D eigenvalue weighted by atomic mass is 10.1. The quantitative estimate of drug-likeness (QED) is 0.365. The number of carbonyl (C=O) groups is 2. The zero-order valence-electron chi connectivity index (χ0n) is 19.0. The first kappa shape index (κ1) is 24.6. The molecule has 0 bridgehead atoms. The maximum absolute atomic E-state index is 13.4. The minimum atomic E-state index is -0.300. The van der Waals surface area contributed by atoms with Crippen molar-refractivity contribution in [3.05, 3.63) is 88.8 Å². The molecule has 7 heteroatoms. The number of anilines is 1. The highest BCUT2D eigenvalue weighted by Gasteiger charge is 2.25. The highest BCUT2D eigenvalue weighted by Crippen LogP contribution is 2.22. The van der Waals surface area contributed by atoms with Crippen molar-refractivity contribution in [3.63, 3.8) is 0 Å². The molecule has 0 aliphatic carbocycles. The normalized spacial score (nSPS) is 11.6. The number of halogens is 1. The summed E-state index contributed by atoms with van der Waals surface area (Å²) in [5.74, 6) is 0.592. The van der Waals surface area contributed by atoms with Crippen LogP contribution in [-0.4, -0.2) is 40.9 Å². The Labute approximate surface area is 203 Å². The maximum atomic E-state index is 13.4. The van der Waals surface area contributed by atoms with Crippen molar-refractivity contribution in [2.75, 3.05) is 18.4 Å². The molecule has 0 fully saturated rings. The lowest BCUT2D eigenvalue weighted by molar-refractivity contribution is -0.133. The summed E-state index contributed by atoms with van der Waals surface area (Å²) < 4.78 is 6.28. The predicted octanol–water partition coefficient (Wildman–Crippen LogP) is 5.95. The van der Waals surface area contributed by atoms with E-state index in [1.165, 1.54) is 0 Å². The van der Waals surface area contributed by atoms with E-state index in [1.807, 2.05) is 80.6 Å². The zero-order chi connectivity index (χ0) is 23.6. The number of nitrogens with one attached hydrogen (secondary N) is 1. The molecule has 6 nitrogen and oxygen atoms in total. The number of rotatable bonds is 10.